The van der Waals surface area contributed by atoms with Crippen LogP contribution in [0, 0.1) is 0 Å². The molecule has 0 bridgehead atoms. The highest BCUT2D eigenvalue weighted by molar-refractivity contribution is 6.30. The van der Waals surface area contributed by atoms with Crippen molar-refractivity contribution >= 4 is 23.3 Å². The van der Waals surface area contributed by atoms with Crippen LogP contribution < -0.4 is 10.6 Å². The Morgan fingerprint density at radius 3 is 2.42 bits per heavy atom. The molecule has 0 radical (unpaired) electrons. The fourth-order valence-electron chi connectivity index (χ4n) is 4.63. The van der Waals surface area contributed by atoms with Gasteiger partial charge in [-0.05, 0) is 48.4 Å². The van der Waals surface area contributed by atoms with Gasteiger partial charge >= 0.3 is 5.69 Å². The SMILES string of the molecule is CC[C@H]([C@H](O)c1ccc(Cl)cc1)n1ncn(-c2ccc(N3CCN(C(=O)c4ccccn4)CC3)nc2)c1=O. The van der Waals surface area contributed by atoms with E-state index >= 15 is 0 Å². The average molecular weight is 534 g/mol. The van der Waals surface area contributed by atoms with Crippen LogP contribution in [0.3, 0.4) is 0 Å². The first kappa shape index (κ1) is 25.6. The minimum atomic E-state index is -0.915. The summed E-state index contributed by atoms with van der Waals surface area (Å²) in [5.41, 5.74) is 1.32. The second-order valence-electron chi connectivity index (χ2n) is 9.07. The van der Waals surface area contributed by atoms with Crippen molar-refractivity contribution in [2.45, 2.75) is 25.5 Å². The van der Waals surface area contributed by atoms with Crippen molar-refractivity contribution in [1.29, 1.82) is 0 Å². The van der Waals surface area contributed by atoms with Gasteiger partial charge in [-0.1, -0.05) is 36.7 Å². The van der Waals surface area contributed by atoms with Gasteiger partial charge in [0.05, 0.1) is 17.9 Å². The molecule has 1 aromatic carbocycles. The van der Waals surface area contributed by atoms with Gasteiger partial charge in [0.25, 0.3) is 5.91 Å². The molecule has 4 heterocycles. The summed E-state index contributed by atoms with van der Waals surface area (Å²) in [5.74, 6) is 0.695. The van der Waals surface area contributed by atoms with Gasteiger partial charge in [-0.25, -0.2) is 19.0 Å². The molecule has 1 fully saturated rings. The first-order valence-corrected chi connectivity index (χ1v) is 12.9. The topological polar surface area (TPSA) is 109 Å². The molecule has 0 aliphatic carbocycles. The second-order valence-corrected chi connectivity index (χ2v) is 9.51. The number of aliphatic hydroxyl groups is 1. The molecule has 1 saturated heterocycles. The van der Waals surface area contributed by atoms with E-state index in [4.69, 9.17) is 11.6 Å². The van der Waals surface area contributed by atoms with E-state index in [-0.39, 0.29) is 11.6 Å². The van der Waals surface area contributed by atoms with Crippen LogP contribution in [0.4, 0.5) is 5.82 Å². The molecule has 1 aliphatic rings. The molecular formula is C27H28ClN7O3. The highest BCUT2D eigenvalue weighted by Gasteiger charge is 2.26. The van der Waals surface area contributed by atoms with Crippen molar-refractivity contribution in [3.05, 3.63) is 100 Å². The number of pyridine rings is 2. The quantitative estimate of drug-likeness (QED) is 0.388. The first-order valence-electron chi connectivity index (χ1n) is 12.5. The molecular weight excluding hydrogens is 506 g/mol. The second kappa shape index (κ2) is 11.2. The maximum atomic E-state index is 13.2. The lowest BCUT2D eigenvalue weighted by atomic mass is 10.0. The lowest BCUT2D eigenvalue weighted by molar-refractivity contribution is 0.0740. The maximum absolute atomic E-state index is 13.2. The van der Waals surface area contributed by atoms with Gasteiger partial charge in [-0.3, -0.25) is 9.78 Å². The number of piperazine rings is 1. The van der Waals surface area contributed by atoms with E-state index in [0.717, 1.165) is 5.82 Å². The Morgan fingerprint density at radius 2 is 1.79 bits per heavy atom. The number of carbonyl (C=O) groups is 1. The van der Waals surface area contributed by atoms with Gasteiger partial charge in [0.1, 0.15) is 23.9 Å². The van der Waals surface area contributed by atoms with E-state index in [1.165, 1.54) is 15.6 Å². The lowest BCUT2D eigenvalue weighted by Gasteiger charge is -2.35. The normalized spacial score (nSPS) is 15.3. The summed E-state index contributed by atoms with van der Waals surface area (Å²) < 4.78 is 2.72. The third-order valence-electron chi connectivity index (χ3n) is 6.79. The molecule has 1 aliphatic heterocycles. The Kier molecular flexibility index (Phi) is 7.52. The smallest absolute Gasteiger partial charge is 0.350 e. The van der Waals surface area contributed by atoms with Crippen LogP contribution in [0.1, 0.15) is 41.5 Å². The number of carbonyl (C=O) groups excluding carboxylic acids is 1. The van der Waals surface area contributed by atoms with E-state index < -0.39 is 12.1 Å². The molecule has 1 N–H and O–H groups in total. The van der Waals surface area contributed by atoms with Crippen LogP contribution in [0.2, 0.25) is 5.02 Å². The summed E-state index contributed by atoms with van der Waals surface area (Å²) in [6, 6.07) is 15.4. The summed E-state index contributed by atoms with van der Waals surface area (Å²) in [7, 11) is 0. The third kappa shape index (κ3) is 5.18. The molecule has 10 nitrogen and oxygen atoms in total. The molecule has 196 valence electrons. The minimum absolute atomic E-state index is 0.0727. The fraction of sp³-hybridized carbons (Fsp3) is 0.296. The highest BCUT2D eigenvalue weighted by atomic mass is 35.5. The molecule has 0 spiro atoms. The monoisotopic (exact) mass is 533 g/mol. The predicted molar refractivity (Wildman–Crippen MR) is 144 cm³/mol. The Hall–Kier alpha value is -4.02. The van der Waals surface area contributed by atoms with E-state index in [9.17, 15) is 14.7 Å². The zero-order chi connectivity index (χ0) is 26.6. The van der Waals surface area contributed by atoms with Crippen LogP contribution in [0.25, 0.3) is 5.69 Å². The number of rotatable bonds is 7. The van der Waals surface area contributed by atoms with Gasteiger partial charge in [0.15, 0.2) is 0 Å². The fourth-order valence-corrected chi connectivity index (χ4v) is 4.76. The number of anilines is 1. The van der Waals surface area contributed by atoms with Crippen LogP contribution in [0.15, 0.2) is 78.1 Å². The Bertz CT molecular complexity index is 1430. The molecule has 0 saturated carbocycles. The maximum Gasteiger partial charge on any atom is 0.350 e. The lowest BCUT2D eigenvalue weighted by Crippen LogP contribution is -2.49. The van der Waals surface area contributed by atoms with Crippen LogP contribution >= 0.6 is 11.6 Å². The summed E-state index contributed by atoms with van der Waals surface area (Å²) in [4.78, 5) is 38.5. The number of halogens is 1. The molecule has 11 heteroatoms. The Balaban J connectivity index is 1.26. The number of amides is 1. The molecule has 2 atom stereocenters. The van der Waals surface area contributed by atoms with Gasteiger partial charge in [-0.2, -0.15) is 5.10 Å². The van der Waals surface area contributed by atoms with Crippen molar-refractivity contribution in [1.82, 2.24) is 29.2 Å². The van der Waals surface area contributed by atoms with Crippen LogP contribution in [-0.2, 0) is 0 Å². The number of benzene rings is 1. The molecule has 1 amide bonds. The molecule has 4 aromatic rings. The summed E-state index contributed by atoms with van der Waals surface area (Å²) in [6.07, 6.45) is 4.28. The number of aromatic nitrogens is 5. The van der Waals surface area contributed by atoms with Gasteiger partial charge in [-0.15, -0.1) is 0 Å². The van der Waals surface area contributed by atoms with E-state index in [0.29, 0.717) is 54.6 Å². The average Bonchev–Trinajstić information content (AvgIpc) is 3.34. The van der Waals surface area contributed by atoms with Gasteiger partial charge < -0.3 is 14.9 Å². The number of aliphatic hydroxyl groups excluding tert-OH is 1. The zero-order valence-corrected chi connectivity index (χ0v) is 21.6. The van der Waals surface area contributed by atoms with E-state index in [2.05, 4.69) is 20.0 Å². The molecule has 3 aromatic heterocycles. The first-order chi connectivity index (χ1) is 18.5. The van der Waals surface area contributed by atoms with E-state index in [1.54, 1.807) is 59.8 Å². The van der Waals surface area contributed by atoms with Crippen molar-refractivity contribution in [2.75, 3.05) is 31.1 Å². The molecule has 38 heavy (non-hydrogen) atoms. The minimum Gasteiger partial charge on any atom is -0.386 e. The summed E-state index contributed by atoms with van der Waals surface area (Å²) in [5, 5.41) is 15.8. The zero-order valence-electron chi connectivity index (χ0n) is 20.9. The van der Waals surface area contributed by atoms with E-state index in [1.807, 2.05) is 19.1 Å². The van der Waals surface area contributed by atoms with Crippen molar-refractivity contribution in [3.63, 3.8) is 0 Å². The van der Waals surface area contributed by atoms with Crippen molar-refractivity contribution in [3.8, 4) is 5.69 Å². The summed E-state index contributed by atoms with van der Waals surface area (Å²) in [6.45, 7) is 4.32. The summed E-state index contributed by atoms with van der Waals surface area (Å²) >= 11 is 5.97. The van der Waals surface area contributed by atoms with Gasteiger partial charge in [0.2, 0.25) is 0 Å². The molecule has 0 unspecified atom stereocenters. The largest absolute Gasteiger partial charge is 0.386 e. The number of hydrogen-bond acceptors (Lipinski definition) is 7. The Labute approximate surface area is 224 Å². The van der Waals surface area contributed by atoms with Crippen molar-refractivity contribution in [2.24, 2.45) is 0 Å². The third-order valence-corrected chi connectivity index (χ3v) is 7.04. The van der Waals surface area contributed by atoms with Crippen LogP contribution in [-0.4, -0.2) is 66.4 Å². The number of hydrogen-bond donors (Lipinski definition) is 1. The number of nitrogens with zero attached hydrogens (tertiary/aromatic N) is 7. The highest BCUT2D eigenvalue weighted by Crippen LogP contribution is 2.28. The standard InChI is InChI=1S/C27H28ClN7O3/c1-2-23(25(36)19-6-8-20(28)9-7-19)35-27(38)34(18-31-35)21-10-11-24(30-17-21)32-13-15-33(16-14-32)26(37)22-5-3-4-12-29-22/h3-12,17-18,23,25,36H,2,13-16H2,1H3/t23-,25-/m1/s1. The van der Waals surface area contributed by atoms with Crippen molar-refractivity contribution < 1.29 is 9.90 Å². The Morgan fingerprint density at radius 1 is 1.03 bits per heavy atom. The predicted octanol–water partition coefficient (Wildman–Crippen LogP) is 3.12. The van der Waals surface area contributed by atoms with Crippen LogP contribution in [0.5, 0.6) is 0 Å². The molecule has 5 rings (SSSR count). The van der Waals surface area contributed by atoms with Gasteiger partial charge in [0, 0.05) is 37.4 Å².